The van der Waals surface area contributed by atoms with Crippen molar-refractivity contribution in [3.05, 3.63) is 35.6 Å². The van der Waals surface area contributed by atoms with Crippen molar-refractivity contribution in [1.82, 2.24) is 4.90 Å². The van der Waals surface area contributed by atoms with Gasteiger partial charge in [0, 0.05) is 6.04 Å². The van der Waals surface area contributed by atoms with Crippen molar-refractivity contribution in [3.8, 4) is 12.3 Å². The largest absolute Gasteiger partial charge is 0.480 e. The van der Waals surface area contributed by atoms with Crippen molar-refractivity contribution < 1.29 is 14.3 Å². The van der Waals surface area contributed by atoms with E-state index in [9.17, 15) is 9.18 Å². The average molecular weight is 249 g/mol. The normalized spacial score (nSPS) is 12.1. The molecule has 0 spiro atoms. The maximum atomic E-state index is 12.8. The Bertz CT molecular complexity index is 436. The van der Waals surface area contributed by atoms with Crippen LogP contribution in [0.25, 0.3) is 0 Å². The van der Waals surface area contributed by atoms with Crippen LogP contribution < -0.4 is 0 Å². The van der Waals surface area contributed by atoms with Crippen molar-refractivity contribution >= 4 is 5.97 Å². The van der Waals surface area contributed by atoms with Gasteiger partial charge in [0.2, 0.25) is 0 Å². The third kappa shape index (κ3) is 4.56. The molecule has 4 heteroatoms. The minimum absolute atomic E-state index is 0.0115. The first kappa shape index (κ1) is 14.2. The summed E-state index contributed by atoms with van der Waals surface area (Å²) in [5, 5.41) is 8.80. The molecule has 0 aliphatic carbocycles. The second-order valence-electron chi connectivity index (χ2n) is 4.18. The van der Waals surface area contributed by atoms with Gasteiger partial charge in [0.15, 0.2) is 0 Å². The van der Waals surface area contributed by atoms with Gasteiger partial charge in [0.1, 0.15) is 5.82 Å². The number of carboxylic acid groups (broad SMARTS) is 1. The van der Waals surface area contributed by atoms with Crippen LogP contribution in [-0.2, 0) is 11.2 Å². The number of halogens is 1. The second-order valence-corrected chi connectivity index (χ2v) is 4.18. The Labute approximate surface area is 106 Å². The van der Waals surface area contributed by atoms with Gasteiger partial charge in [-0.25, -0.2) is 4.39 Å². The minimum Gasteiger partial charge on any atom is -0.480 e. The lowest BCUT2D eigenvalue weighted by molar-refractivity contribution is -0.138. The molecule has 0 radical (unpaired) electrons. The molecular weight excluding hydrogens is 233 g/mol. The van der Waals surface area contributed by atoms with Crippen LogP contribution in [0.15, 0.2) is 24.3 Å². The summed E-state index contributed by atoms with van der Waals surface area (Å²) in [5.41, 5.74) is 0.955. The number of hydrogen-bond donors (Lipinski definition) is 1. The van der Waals surface area contributed by atoms with Gasteiger partial charge in [-0.3, -0.25) is 9.69 Å². The van der Waals surface area contributed by atoms with Crippen LogP contribution in [0.2, 0.25) is 0 Å². The first-order chi connectivity index (χ1) is 8.52. The summed E-state index contributed by atoms with van der Waals surface area (Å²) < 4.78 is 12.8. The molecule has 0 saturated carbocycles. The molecule has 0 saturated heterocycles. The van der Waals surface area contributed by atoms with E-state index in [0.717, 1.165) is 5.56 Å². The Morgan fingerprint density at radius 2 is 2.11 bits per heavy atom. The van der Waals surface area contributed by atoms with Gasteiger partial charge < -0.3 is 5.11 Å². The van der Waals surface area contributed by atoms with Crippen molar-refractivity contribution in [2.45, 2.75) is 19.4 Å². The van der Waals surface area contributed by atoms with E-state index in [1.165, 1.54) is 12.1 Å². The Kier molecular flexibility index (Phi) is 5.34. The fourth-order valence-corrected chi connectivity index (χ4v) is 1.75. The number of carbonyl (C=O) groups is 1. The van der Waals surface area contributed by atoms with E-state index in [2.05, 4.69) is 5.92 Å². The number of benzene rings is 1. The predicted molar refractivity (Wildman–Crippen MR) is 67.6 cm³/mol. The van der Waals surface area contributed by atoms with Gasteiger partial charge in [-0.05, 0) is 31.0 Å². The summed E-state index contributed by atoms with van der Waals surface area (Å²) >= 11 is 0. The zero-order valence-corrected chi connectivity index (χ0v) is 10.3. The van der Waals surface area contributed by atoms with Crippen molar-refractivity contribution in [3.63, 3.8) is 0 Å². The standard InChI is InChI=1S/C14H16FNO2/c1-3-8-16(10-14(17)18)11(2)9-12-4-6-13(15)7-5-12/h1,4-7,11H,8-10H2,2H3,(H,17,18). The zero-order chi connectivity index (χ0) is 13.5. The Hall–Kier alpha value is -1.86. The number of nitrogens with zero attached hydrogens (tertiary/aromatic N) is 1. The summed E-state index contributed by atoms with van der Waals surface area (Å²) in [6.45, 7) is 2.10. The van der Waals surface area contributed by atoms with Crippen LogP contribution in [0.3, 0.4) is 0 Å². The molecule has 18 heavy (non-hydrogen) atoms. The highest BCUT2D eigenvalue weighted by atomic mass is 19.1. The average Bonchev–Trinajstić information content (AvgIpc) is 2.31. The lowest BCUT2D eigenvalue weighted by Gasteiger charge is -2.25. The highest BCUT2D eigenvalue weighted by Gasteiger charge is 2.16. The van der Waals surface area contributed by atoms with E-state index < -0.39 is 5.97 Å². The SMILES string of the molecule is C#CCN(CC(=O)O)C(C)Cc1ccc(F)cc1. The maximum Gasteiger partial charge on any atom is 0.317 e. The highest BCUT2D eigenvalue weighted by Crippen LogP contribution is 2.09. The predicted octanol–water partition coefficient (Wildman–Crippen LogP) is 1.78. The quantitative estimate of drug-likeness (QED) is 0.781. The fraction of sp³-hybridized carbons (Fsp3) is 0.357. The summed E-state index contributed by atoms with van der Waals surface area (Å²) in [6.07, 6.45) is 5.86. The summed E-state index contributed by atoms with van der Waals surface area (Å²) in [6, 6.07) is 6.17. The summed E-state index contributed by atoms with van der Waals surface area (Å²) in [5.74, 6) is 1.27. The molecule has 3 nitrogen and oxygen atoms in total. The minimum atomic E-state index is -0.906. The molecule has 0 heterocycles. The van der Waals surface area contributed by atoms with Crippen LogP contribution >= 0.6 is 0 Å². The molecule has 1 aromatic rings. The number of rotatable bonds is 6. The molecule has 1 unspecified atom stereocenters. The van der Waals surface area contributed by atoms with Crippen molar-refractivity contribution in [1.29, 1.82) is 0 Å². The monoisotopic (exact) mass is 249 g/mol. The molecular formula is C14H16FNO2. The van der Waals surface area contributed by atoms with Crippen molar-refractivity contribution in [2.75, 3.05) is 13.1 Å². The van der Waals surface area contributed by atoms with Gasteiger partial charge in [0.25, 0.3) is 0 Å². The molecule has 0 amide bonds. The zero-order valence-electron chi connectivity index (χ0n) is 10.3. The second kappa shape index (κ2) is 6.77. The van der Waals surface area contributed by atoms with Crippen LogP contribution in [0, 0.1) is 18.2 Å². The van der Waals surface area contributed by atoms with E-state index in [-0.39, 0.29) is 24.9 Å². The van der Waals surface area contributed by atoms with Gasteiger partial charge in [-0.2, -0.15) is 0 Å². The van der Waals surface area contributed by atoms with Crippen LogP contribution in [0.4, 0.5) is 4.39 Å². The lowest BCUT2D eigenvalue weighted by Crippen LogP contribution is -2.38. The molecule has 1 atom stereocenters. The first-order valence-corrected chi connectivity index (χ1v) is 5.66. The van der Waals surface area contributed by atoms with Gasteiger partial charge in [-0.15, -0.1) is 6.42 Å². The topological polar surface area (TPSA) is 40.5 Å². The highest BCUT2D eigenvalue weighted by molar-refractivity contribution is 5.69. The lowest BCUT2D eigenvalue weighted by atomic mass is 10.1. The molecule has 0 aromatic heterocycles. The van der Waals surface area contributed by atoms with Gasteiger partial charge in [-0.1, -0.05) is 18.1 Å². The van der Waals surface area contributed by atoms with Crippen LogP contribution in [0.5, 0.6) is 0 Å². The number of hydrogen-bond acceptors (Lipinski definition) is 2. The summed E-state index contributed by atoms with van der Waals surface area (Å²) in [7, 11) is 0. The van der Waals surface area contributed by atoms with E-state index >= 15 is 0 Å². The van der Waals surface area contributed by atoms with Crippen LogP contribution in [-0.4, -0.2) is 35.1 Å². The maximum absolute atomic E-state index is 12.8. The molecule has 1 rings (SSSR count). The first-order valence-electron chi connectivity index (χ1n) is 5.66. The number of terminal acetylenes is 1. The Balaban J connectivity index is 2.66. The third-order valence-electron chi connectivity index (χ3n) is 2.70. The van der Waals surface area contributed by atoms with E-state index in [1.807, 2.05) is 6.92 Å². The summed E-state index contributed by atoms with van der Waals surface area (Å²) in [4.78, 5) is 12.4. The molecule has 1 N–H and O–H groups in total. The number of aliphatic carboxylic acids is 1. The van der Waals surface area contributed by atoms with Crippen LogP contribution in [0.1, 0.15) is 12.5 Å². The van der Waals surface area contributed by atoms with E-state index in [0.29, 0.717) is 6.42 Å². The molecule has 0 fully saturated rings. The van der Waals surface area contributed by atoms with E-state index in [1.54, 1.807) is 17.0 Å². The number of carboxylic acids is 1. The van der Waals surface area contributed by atoms with Gasteiger partial charge >= 0.3 is 5.97 Å². The Morgan fingerprint density at radius 3 is 2.61 bits per heavy atom. The van der Waals surface area contributed by atoms with Gasteiger partial charge in [0.05, 0.1) is 13.1 Å². The van der Waals surface area contributed by atoms with Crippen molar-refractivity contribution in [2.24, 2.45) is 0 Å². The molecule has 0 aliphatic rings. The smallest absolute Gasteiger partial charge is 0.317 e. The molecule has 1 aromatic carbocycles. The van der Waals surface area contributed by atoms with E-state index in [4.69, 9.17) is 11.5 Å². The fourth-order valence-electron chi connectivity index (χ4n) is 1.75. The molecule has 0 bridgehead atoms. The molecule has 0 aliphatic heterocycles. The molecule has 96 valence electrons. The third-order valence-corrected chi connectivity index (χ3v) is 2.70. The Morgan fingerprint density at radius 1 is 1.50 bits per heavy atom.